The van der Waals surface area contributed by atoms with Crippen LogP contribution in [0.3, 0.4) is 0 Å². The molecule has 1 atom stereocenters. The van der Waals surface area contributed by atoms with Gasteiger partial charge in [0.2, 0.25) is 0 Å². The molecular formula is C15H18FN3. The molecule has 0 fully saturated rings. The lowest BCUT2D eigenvalue weighted by Gasteiger charge is -2.18. The molecule has 0 amide bonds. The largest absolute Gasteiger partial charge is 0.271 e. The maximum Gasteiger partial charge on any atom is 0.146 e. The van der Waals surface area contributed by atoms with Crippen LogP contribution in [0, 0.1) is 19.7 Å². The normalized spacial score (nSPS) is 12.4. The fraction of sp³-hybridized carbons (Fsp3) is 0.267. The second-order valence-corrected chi connectivity index (χ2v) is 4.75. The third-order valence-corrected chi connectivity index (χ3v) is 3.31. The highest BCUT2D eigenvalue weighted by Crippen LogP contribution is 2.22. The molecule has 100 valence electrons. The molecule has 0 aliphatic carbocycles. The molecule has 0 radical (unpaired) electrons. The third-order valence-electron chi connectivity index (χ3n) is 3.31. The monoisotopic (exact) mass is 259 g/mol. The number of pyridine rings is 1. The van der Waals surface area contributed by atoms with Crippen LogP contribution in [0.15, 0.2) is 36.7 Å². The predicted molar refractivity (Wildman–Crippen MR) is 73.9 cm³/mol. The zero-order valence-corrected chi connectivity index (χ0v) is 11.2. The summed E-state index contributed by atoms with van der Waals surface area (Å²) in [5, 5.41) is 0. The van der Waals surface area contributed by atoms with Gasteiger partial charge in [-0.2, -0.15) is 0 Å². The van der Waals surface area contributed by atoms with E-state index in [0.717, 1.165) is 0 Å². The number of hydrogen-bond donors (Lipinski definition) is 2. The first-order valence-corrected chi connectivity index (χ1v) is 6.23. The minimum absolute atomic E-state index is 0.261. The van der Waals surface area contributed by atoms with Gasteiger partial charge in [-0.05, 0) is 37.5 Å². The first-order valence-electron chi connectivity index (χ1n) is 6.23. The van der Waals surface area contributed by atoms with Crippen LogP contribution in [0.2, 0.25) is 0 Å². The Kier molecular flexibility index (Phi) is 4.24. The van der Waals surface area contributed by atoms with E-state index in [9.17, 15) is 4.39 Å². The topological polar surface area (TPSA) is 50.9 Å². The van der Waals surface area contributed by atoms with Gasteiger partial charge in [0.1, 0.15) is 5.82 Å². The fourth-order valence-corrected chi connectivity index (χ4v) is 2.17. The highest BCUT2D eigenvalue weighted by molar-refractivity contribution is 5.32. The molecule has 4 heteroatoms. The van der Waals surface area contributed by atoms with Crippen molar-refractivity contribution >= 4 is 0 Å². The van der Waals surface area contributed by atoms with Gasteiger partial charge >= 0.3 is 0 Å². The van der Waals surface area contributed by atoms with Crippen LogP contribution in [0.25, 0.3) is 0 Å². The van der Waals surface area contributed by atoms with Gasteiger partial charge in [-0.15, -0.1) is 0 Å². The van der Waals surface area contributed by atoms with E-state index >= 15 is 0 Å². The number of aromatic nitrogens is 1. The van der Waals surface area contributed by atoms with Crippen molar-refractivity contribution in [1.82, 2.24) is 10.4 Å². The number of halogens is 1. The smallest absolute Gasteiger partial charge is 0.146 e. The minimum Gasteiger partial charge on any atom is -0.271 e. The molecule has 19 heavy (non-hydrogen) atoms. The molecule has 0 saturated heterocycles. The molecule has 1 unspecified atom stereocenters. The molecule has 0 bridgehead atoms. The van der Waals surface area contributed by atoms with Gasteiger partial charge in [0.05, 0.1) is 12.2 Å². The van der Waals surface area contributed by atoms with Crippen molar-refractivity contribution in [2.24, 2.45) is 5.84 Å². The van der Waals surface area contributed by atoms with Gasteiger partial charge in [0.15, 0.2) is 0 Å². The second kappa shape index (κ2) is 5.91. The highest BCUT2D eigenvalue weighted by atomic mass is 19.1. The number of rotatable bonds is 4. The molecule has 1 aromatic heterocycles. The quantitative estimate of drug-likeness (QED) is 0.655. The number of aryl methyl sites for hydroxylation is 2. The van der Waals surface area contributed by atoms with Crippen molar-refractivity contribution in [2.45, 2.75) is 26.3 Å². The van der Waals surface area contributed by atoms with Crippen molar-refractivity contribution < 1.29 is 4.39 Å². The maximum absolute atomic E-state index is 13.8. The number of nitrogens with one attached hydrogen (secondary N) is 1. The molecule has 3 N–H and O–H groups in total. The molecule has 1 aromatic carbocycles. The molecule has 0 saturated carbocycles. The first kappa shape index (κ1) is 13.6. The molecule has 1 heterocycles. The molecule has 0 aliphatic rings. The number of hydrazine groups is 1. The van der Waals surface area contributed by atoms with Crippen molar-refractivity contribution in [1.29, 1.82) is 0 Å². The van der Waals surface area contributed by atoms with E-state index in [0.29, 0.717) is 12.0 Å². The highest BCUT2D eigenvalue weighted by Gasteiger charge is 2.15. The summed E-state index contributed by atoms with van der Waals surface area (Å²) >= 11 is 0. The lowest BCUT2D eigenvalue weighted by molar-refractivity contribution is 0.507. The van der Waals surface area contributed by atoms with Crippen LogP contribution in [0.1, 0.15) is 28.3 Å². The summed E-state index contributed by atoms with van der Waals surface area (Å²) in [5.74, 6) is 5.24. The van der Waals surface area contributed by atoms with Gasteiger partial charge in [0.25, 0.3) is 0 Å². The van der Waals surface area contributed by atoms with E-state index in [2.05, 4.69) is 28.6 Å². The Labute approximate surface area is 112 Å². The van der Waals surface area contributed by atoms with E-state index in [-0.39, 0.29) is 11.9 Å². The summed E-state index contributed by atoms with van der Waals surface area (Å²) in [6.07, 6.45) is 3.43. The summed E-state index contributed by atoms with van der Waals surface area (Å²) < 4.78 is 13.8. The van der Waals surface area contributed by atoms with E-state index in [1.54, 1.807) is 12.3 Å². The SMILES string of the molecule is Cc1ccc(C)c(CC(NN)c2ccncc2F)c1. The Bertz CT molecular complexity index is 569. The third kappa shape index (κ3) is 3.16. The summed E-state index contributed by atoms with van der Waals surface area (Å²) in [5.41, 5.74) is 6.76. The number of nitrogens with zero attached hydrogens (tertiary/aromatic N) is 1. The summed E-state index contributed by atoms with van der Waals surface area (Å²) in [6.45, 7) is 4.09. The Hall–Kier alpha value is -1.78. The molecule has 2 aromatic rings. The predicted octanol–water partition coefficient (Wildman–Crippen LogP) is 2.58. The van der Waals surface area contributed by atoms with E-state index in [1.807, 2.05) is 13.8 Å². The summed E-state index contributed by atoms with van der Waals surface area (Å²) in [7, 11) is 0. The lowest BCUT2D eigenvalue weighted by Crippen LogP contribution is -2.30. The zero-order chi connectivity index (χ0) is 13.8. The summed E-state index contributed by atoms with van der Waals surface area (Å²) in [6, 6.07) is 7.64. The number of nitrogens with two attached hydrogens (primary N) is 1. The zero-order valence-electron chi connectivity index (χ0n) is 11.2. The molecule has 0 aliphatic heterocycles. The van der Waals surface area contributed by atoms with Gasteiger partial charge in [-0.25, -0.2) is 4.39 Å². The lowest BCUT2D eigenvalue weighted by atomic mass is 9.95. The second-order valence-electron chi connectivity index (χ2n) is 4.75. The van der Waals surface area contributed by atoms with Gasteiger partial charge in [-0.3, -0.25) is 16.3 Å². The first-order chi connectivity index (χ1) is 9.11. The van der Waals surface area contributed by atoms with Gasteiger partial charge < -0.3 is 0 Å². The van der Waals surface area contributed by atoms with Crippen molar-refractivity contribution in [3.05, 3.63) is 64.7 Å². The van der Waals surface area contributed by atoms with E-state index in [1.165, 1.54) is 22.9 Å². The maximum atomic E-state index is 13.8. The number of benzene rings is 1. The van der Waals surface area contributed by atoms with Crippen LogP contribution in [-0.4, -0.2) is 4.98 Å². The molecule has 2 rings (SSSR count). The Morgan fingerprint density at radius 3 is 2.79 bits per heavy atom. The van der Waals surface area contributed by atoms with Crippen molar-refractivity contribution in [3.8, 4) is 0 Å². The average molecular weight is 259 g/mol. The van der Waals surface area contributed by atoms with Crippen LogP contribution < -0.4 is 11.3 Å². The van der Waals surface area contributed by atoms with Gasteiger partial charge in [0, 0.05) is 11.8 Å². The molecule has 0 spiro atoms. The Morgan fingerprint density at radius 2 is 2.11 bits per heavy atom. The Morgan fingerprint density at radius 1 is 1.32 bits per heavy atom. The summed E-state index contributed by atoms with van der Waals surface area (Å²) in [4.78, 5) is 3.76. The van der Waals surface area contributed by atoms with Gasteiger partial charge in [-0.1, -0.05) is 23.8 Å². The van der Waals surface area contributed by atoms with E-state index < -0.39 is 0 Å². The molecular weight excluding hydrogens is 241 g/mol. The van der Waals surface area contributed by atoms with Crippen LogP contribution in [0.5, 0.6) is 0 Å². The average Bonchev–Trinajstić information content (AvgIpc) is 2.41. The van der Waals surface area contributed by atoms with E-state index in [4.69, 9.17) is 5.84 Å². The van der Waals surface area contributed by atoms with Crippen LogP contribution in [-0.2, 0) is 6.42 Å². The van der Waals surface area contributed by atoms with Crippen molar-refractivity contribution in [3.63, 3.8) is 0 Å². The Balaban J connectivity index is 2.29. The van der Waals surface area contributed by atoms with Crippen molar-refractivity contribution in [2.75, 3.05) is 0 Å². The fourth-order valence-electron chi connectivity index (χ4n) is 2.17. The molecule has 3 nitrogen and oxygen atoms in total. The standard InChI is InChI=1S/C15H18FN3/c1-10-3-4-11(2)12(7-10)8-15(19-17)13-5-6-18-9-14(13)16/h3-7,9,15,19H,8,17H2,1-2H3. The number of hydrogen-bond acceptors (Lipinski definition) is 3. The van der Waals surface area contributed by atoms with Crippen LogP contribution in [0.4, 0.5) is 4.39 Å². The minimum atomic E-state index is -0.337. The van der Waals surface area contributed by atoms with Crippen LogP contribution >= 0.6 is 0 Å².